The molecule has 1 aliphatic heterocycles. The summed E-state index contributed by atoms with van der Waals surface area (Å²) in [4.78, 5) is 41.1. The van der Waals surface area contributed by atoms with Crippen LogP contribution in [0.4, 0.5) is 16.2 Å². The van der Waals surface area contributed by atoms with E-state index in [2.05, 4.69) is 11.9 Å². The van der Waals surface area contributed by atoms with Crippen molar-refractivity contribution in [2.45, 2.75) is 32.7 Å². The van der Waals surface area contributed by atoms with E-state index in [4.69, 9.17) is 4.74 Å². The van der Waals surface area contributed by atoms with Gasteiger partial charge in [-0.05, 0) is 49.7 Å². The van der Waals surface area contributed by atoms with E-state index >= 15 is 0 Å². The van der Waals surface area contributed by atoms with Gasteiger partial charge in [0.05, 0.1) is 18.7 Å². The van der Waals surface area contributed by atoms with Gasteiger partial charge in [0.1, 0.15) is 11.8 Å². The van der Waals surface area contributed by atoms with Crippen molar-refractivity contribution in [1.82, 2.24) is 4.90 Å². The Labute approximate surface area is 182 Å². The minimum absolute atomic E-state index is 0.144. The Balaban J connectivity index is 1.71. The topological polar surface area (TPSA) is 79.0 Å². The molecule has 31 heavy (non-hydrogen) atoms. The smallest absolute Gasteiger partial charge is 0.332 e. The van der Waals surface area contributed by atoms with Gasteiger partial charge in [-0.25, -0.2) is 9.69 Å². The Hall–Kier alpha value is -3.61. The molecule has 1 unspecified atom stereocenters. The van der Waals surface area contributed by atoms with Crippen LogP contribution in [0.1, 0.15) is 25.3 Å². The standard InChI is InChI=1S/C24H27N3O4/c1-4-14-26-21(23(29)27(24(26)30)19-10-6-17(3)7-11-19)16-22(28)25-18-8-12-20(13-9-18)31-15-5-2/h4,6-13,21H,1,5,14-16H2,2-3H3,(H,25,28). The van der Waals surface area contributed by atoms with Crippen molar-refractivity contribution in [3.8, 4) is 5.75 Å². The van der Waals surface area contributed by atoms with E-state index in [1.54, 1.807) is 42.5 Å². The number of anilines is 2. The van der Waals surface area contributed by atoms with Crippen LogP contribution in [-0.4, -0.2) is 41.9 Å². The van der Waals surface area contributed by atoms with Gasteiger partial charge in [-0.1, -0.05) is 30.7 Å². The number of nitrogens with one attached hydrogen (secondary N) is 1. The van der Waals surface area contributed by atoms with Crippen LogP contribution < -0.4 is 15.0 Å². The van der Waals surface area contributed by atoms with Crippen molar-refractivity contribution in [2.75, 3.05) is 23.4 Å². The molecule has 1 saturated heterocycles. The zero-order valence-corrected chi connectivity index (χ0v) is 17.8. The molecule has 0 saturated carbocycles. The molecule has 1 N–H and O–H groups in total. The summed E-state index contributed by atoms with van der Waals surface area (Å²) in [6.45, 7) is 8.42. The second-order valence-electron chi connectivity index (χ2n) is 7.37. The maximum Gasteiger partial charge on any atom is 0.332 e. The van der Waals surface area contributed by atoms with E-state index in [1.807, 2.05) is 26.0 Å². The second-order valence-corrected chi connectivity index (χ2v) is 7.37. The number of aryl methyl sites for hydroxylation is 1. The predicted molar refractivity (Wildman–Crippen MR) is 120 cm³/mol. The number of urea groups is 1. The van der Waals surface area contributed by atoms with Crippen LogP contribution >= 0.6 is 0 Å². The van der Waals surface area contributed by atoms with Crippen molar-refractivity contribution < 1.29 is 19.1 Å². The number of hydrogen-bond acceptors (Lipinski definition) is 4. The van der Waals surface area contributed by atoms with Gasteiger partial charge in [0.25, 0.3) is 5.91 Å². The number of hydrogen-bond donors (Lipinski definition) is 1. The summed E-state index contributed by atoms with van der Waals surface area (Å²) < 4.78 is 5.53. The highest BCUT2D eigenvalue weighted by Crippen LogP contribution is 2.27. The SMILES string of the molecule is C=CCN1C(=O)N(c2ccc(C)cc2)C(=O)C1CC(=O)Nc1ccc(OCCC)cc1. The molecule has 2 aromatic rings. The number of rotatable bonds is 9. The Kier molecular flexibility index (Phi) is 7.07. The van der Waals surface area contributed by atoms with Gasteiger partial charge in [-0.15, -0.1) is 6.58 Å². The van der Waals surface area contributed by atoms with Gasteiger partial charge in [-0.3, -0.25) is 9.59 Å². The fraction of sp³-hybridized carbons (Fsp3) is 0.292. The lowest BCUT2D eigenvalue weighted by Crippen LogP contribution is -2.38. The second kappa shape index (κ2) is 9.93. The van der Waals surface area contributed by atoms with Crippen molar-refractivity contribution in [2.24, 2.45) is 0 Å². The van der Waals surface area contributed by atoms with Crippen molar-refractivity contribution in [3.63, 3.8) is 0 Å². The van der Waals surface area contributed by atoms with Gasteiger partial charge in [0.15, 0.2) is 0 Å². The lowest BCUT2D eigenvalue weighted by molar-refractivity contribution is -0.124. The van der Waals surface area contributed by atoms with Crippen LogP contribution in [0.5, 0.6) is 5.75 Å². The molecule has 1 heterocycles. The molecule has 162 valence electrons. The summed E-state index contributed by atoms with van der Waals surface area (Å²) in [6.07, 6.45) is 2.31. The predicted octanol–water partition coefficient (Wildman–Crippen LogP) is 4.14. The molecule has 0 bridgehead atoms. The Morgan fingerprint density at radius 2 is 1.81 bits per heavy atom. The number of benzene rings is 2. The summed E-state index contributed by atoms with van der Waals surface area (Å²) in [6, 6.07) is 12.8. The fourth-order valence-corrected chi connectivity index (χ4v) is 3.35. The normalized spacial score (nSPS) is 15.9. The monoisotopic (exact) mass is 421 g/mol. The zero-order chi connectivity index (χ0) is 22.4. The molecule has 7 nitrogen and oxygen atoms in total. The molecule has 1 aliphatic rings. The summed E-state index contributed by atoms with van der Waals surface area (Å²) in [5.74, 6) is -0.0512. The van der Waals surface area contributed by atoms with Gasteiger partial charge in [0, 0.05) is 12.2 Å². The molecule has 4 amide bonds. The molecule has 7 heteroatoms. The highest BCUT2D eigenvalue weighted by molar-refractivity contribution is 6.22. The van der Waals surface area contributed by atoms with Crippen molar-refractivity contribution in [3.05, 3.63) is 66.7 Å². The molecule has 1 atom stereocenters. The fourth-order valence-electron chi connectivity index (χ4n) is 3.35. The molecule has 0 radical (unpaired) electrons. The first-order chi connectivity index (χ1) is 14.9. The van der Waals surface area contributed by atoms with Crippen LogP contribution in [0.15, 0.2) is 61.2 Å². The maximum absolute atomic E-state index is 13.1. The summed E-state index contributed by atoms with van der Waals surface area (Å²) in [5.41, 5.74) is 2.10. The van der Waals surface area contributed by atoms with Crippen LogP contribution in [0.3, 0.4) is 0 Å². The van der Waals surface area contributed by atoms with Gasteiger partial charge >= 0.3 is 6.03 Å². The molecule has 2 aromatic carbocycles. The van der Waals surface area contributed by atoms with E-state index < -0.39 is 18.0 Å². The minimum atomic E-state index is -0.890. The van der Waals surface area contributed by atoms with Crippen LogP contribution in [0.2, 0.25) is 0 Å². The molecule has 0 spiro atoms. The van der Waals surface area contributed by atoms with Crippen molar-refractivity contribution >= 4 is 29.2 Å². The number of amides is 4. The average molecular weight is 421 g/mol. The van der Waals surface area contributed by atoms with Crippen LogP contribution in [0, 0.1) is 6.92 Å². The number of nitrogens with zero attached hydrogens (tertiary/aromatic N) is 2. The molecular weight excluding hydrogens is 394 g/mol. The highest BCUT2D eigenvalue weighted by atomic mass is 16.5. The van der Waals surface area contributed by atoms with E-state index in [-0.39, 0.29) is 18.9 Å². The number of imide groups is 1. The number of carbonyl (C=O) groups is 3. The van der Waals surface area contributed by atoms with Gasteiger partial charge in [0.2, 0.25) is 5.91 Å². The zero-order valence-electron chi connectivity index (χ0n) is 17.8. The first kappa shape index (κ1) is 22.1. The average Bonchev–Trinajstić information content (AvgIpc) is 2.98. The molecule has 0 aromatic heterocycles. The van der Waals surface area contributed by atoms with E-state index in [9.17, 15) is 14.4 Å². The highest BCUT2D eigenvalue weighted by Gasteiger charge is 2.46. The van der Waals surface area contributed by atoms with Crippen LogP contribution in [-0.2, 0) is 9.59 Å². The Morgan fingerprint density at radius 1 is 1.13 bits per heavy atom. The van der Waals surface area contributed by atoms with Gasteiger partial charge in [-0.2, -0.15) is 0 Å². The van der Waals surface area contributed by atoms with E-state index in [1.165, 1.54) is 4.90 Å². The lowest BCUT2D eigenvalue weighted by Gasteiger charge is -2.19. The van der Waals surface area contributed by atoms with Gasteiger partial charge < -0.3 is 15.0 Å². The first-order valence-corrected chi connectivity index (χ1v) is 10.3. The largest absolute Gasteiger partial charge is 0.494 e. The third kappa shape index (κ3) is 5.12. The molecule has 3 rings (SSSR count). The van der Waals surface area contributed by atoms with E-state index in [0.29, 0.717) is 18.0 Å². The minimum Gasteiger partial charge on any atom is -0.494 e. The third-order valence-electron chi connectivity index (χ3n) is 4.93. The van der Waals surface area contributed by atoms with Crippen LogP contribution in [0.25, 0.3) is 0 Å². The number of ether oxygens (including phenoxy) is 1. The molecular formula is C24H27N3O4. The Morgan fingerprint density at radius 3 is 2.42 bits per heavy atom. The lowest BCUT2D eigenvalue weighted by atomic mass is 10.1. The quantitative estimate of drug-likeness (QED) is 0.488. The van der Waals surface area contributed by atoms with Crippen molar-refractivity contribution in [1.29, 1.82) is 0 Å². The summed E-state index contributed by atoms with van der Waals surface area (Å²) >= 11 is 0. The van der Waals surface area contributed by atoms with E-state index in [0.717, 1.165) is 22.6 Å². The maximum atomic E-state index is 13.1. The molecule has 1 fully saturated rings. The summed E-state index contributed by atoms with van der Waals surface area (Å²) in [5, 5.41) is 2.78. The summed E-state index contributed by atoms with van der Waals surface area (Å²) in [7, 11) is 0. The Bertz CT molecular complexity index is 954. The first-order valence-electron chi connectivity index (χ1n) is 10.3. The third-order valence-corrected chi connectivity index (χ3v) is 4.93. The number of carbonyl (C=O) groups excluding carboxylic acids is 3. The molecule has 0 aliphatic carbocycles.